The predicted octanol–water partition coefficient (Wildman–Crippen LogP) is 1.76. The van der Waals surface area contributed by atoms with Gasteiger partial charge in [0.05, 0.1) is 0 Å². The second-order valence-corrected chi connectivity index (χ2v) is 3.70. The summed E-state index contributed by atoms with van der Waals surface area (Å²) in [6, 6.07) is 3.88. The Bertz CT molecular complexity index is 504. The van der Waals surface area contributed by atoms with E-state index in [9.17, 15) is 4.91 Å². The van der Waals surface area contributed by atoms with Gasteiger partial charge in [-0.2, -0.15) is 5.10 Å². The van der Waals surface area contributed by atoms with Crippen molar-refractivity contribution in [2.24, 2.45) is 5.18 Å². The molecule has 16 heavy (non-hydrogen) atoms. The number of hydrogen-bond donors (Lipinski definition) is 1. The fraction of sp³-hybridized carbons (Fsp3) is 0.273. The molecular weight excluding hydrogens is 204 g/mol. The molecule has 0 aliphatic carbocycles. The highest BCUT2D eigenvalue weighted by atomic mass is 16.3. The molecule has 2 rings (SSSR count). The van der Waals surface area contributed by atoms with E-state index in [-0.39, 0.29) is 0 Å². The van der Waals surface area contributed by atoms with Crippen LogP contribution < -0.4 is 4.68 Å². The number of nitrogens with one attached hydrogen (secondary N) is 1. The van der Waals surface area contributed by atoms with Crippen molar-refractivity contribution in [2.75, 3.05) is 0 Å². The van der Waals surface area contributed by atoms with E-state index in [1.54, 1.807) is 12.4 Å². The Morgan fingerprint density at radius 3 is 2.62 bits per heavy atom. The molecular formula is C11H13N4O+. The minimum Gasteiger partial charge on any atom is -0.265 e. The first-order valence-corrected chi connectivity index (χ1v) is 5.03. The molecule has 0 amide bonds. The van der Waals surface area contributed by atoms with Crippen LogP contribution in [-0.2, 0) is 6.54 Å². The lowest BCUT2D eigenvalue weighted by molar-refractivity contribution is -0.747. The van der Waals surface area contributed by atoms with E-state index in [4.69, 9.17) is 0 Å². The van der Waals surface area contributed by atoms with Gasteiger partial charge in [-0.1, -0.05) is 0 Å². The summed E-state index contributed by atoms with van der Waals surface area (Å²) < 4.78 is 1.90. The van der Waals surface area contributed by atoms with Gasteiger partial charge >= 0.3 is 0 Å². The quantitative estimate of drug-likeness (QED) is 0.629. The number of H-pyrrole nitrogens is 1. The van der Waals surface area contributed by atoms with Crippen molar-refractivity contribution in [1.29, 1.82) is 0 Å². The second kappa shape index (κ2) is 4.22. The highest BCUT2D eigenvalue weighted by molar-refractivity contribution is 5.42. The molecule has 0 aliphatic heterocycles. The van der Waals surface area contributed by atoms with Gasteiger partial charge < -0.3 is 0 Å². The lowest BCUT2D eigenvalue weighted by atomic mass is 10.2. The van der Waals surface area contributed by atoms with Crippen LogP contribution in [0.5, 0.6) is 0 Å². The van der Waals surface area contributed by atoms with Crippen LogP contribution in [0.4, 0.5) is 5.69 Å². The van der Waals surface area contributed by atoms with Crippen molar-refractivity contribution < 1.29 is 4.68 Å². The minimum atomic E-state index is 0.494. The Morgan fingerprint density at radius 2 is 2.06 bits per heavy atom. The van der Waals surface area contributed by atoms with E-state index in [0.29, 0.717) is 12.2 Å². The number of aromatic nitrogens is 3. The van der Waals surface area contributed by atoms with Gasteiger partial charge in [-0.05, 0) is 24.2 Å². The van der Waals surface area contributed by atoms with Gasteiger partial charge in [-0.15, -0.1) is 9.59 Å². The van der Waals surface area contributed by atoms with Gasteiger partial charge in [0.1, 0.15) is 5.69 Å². The number of pyridine rings is 1. The molecule has 0 atom stereocenters. The van der Waals surface area contributed by atoms with Crippen molar-refractivity contribution in [1.82, 2.24) is 10.1 Å². The van der Waals surface area contributed by atoms with Gasteiger partial charge in [-0.3, -0.25) is 4.98 Å². The summed E-state index contributed by atoms with van der Waals surface area (Å²) in [5.41, 5.74) is 3.27. The van der Waals surface area contributed by atoms with Crippen LogP contribution in [0.2, 0.25) is 0 Å². The average molecular weight is 217 g/mol. The maximum Gasteiger partial charge on any atom is 0.234 e. The molecule has 2 heterocycles. The van der Waals surface area contributed by atoms with E-state index in [1.807, 2.05) is 30.7 Å². The summed E-state index contributed by atoms with van der Waals surface area (Å²) in [4.78, 5) is 14.6. The van der Waals surface area contributed by atoms with E-state index in [2.05, 4.69) is 15.3 Å². The average Bonchev–Trinajstić information content (AvgIpc) is 2.55. The third kappa shape index (κ3) is 1.84. The van der Waals surface area contributed by atoms with Gasteiger partial charge in [0.2, 0.25) is 11.4 Å². The third-order valence-corrected chi connectivity index (χ3v) is 2.59. The van der Waals surface area contributed by atoms with Gasteiger partial charge in [0, 0.05) is 24.9 Å². The van der Waals surface area contributed by atoms with E-state index in [1.165, 1.54) is 0 Å². The van der Waals surface area contributed by atoms with Gasteiger partial charge in [0.25, 0.3) is 0 Å². The number of nitrogens with zero attached hydrogens (tertiary/aromatic N) is 3. The zero-order chi connectivity index (χ0) is 11.5. The zero-order valence-corrected chi connectivity index (χ0v) is 9.27. The van der Waals surface area contributed by atoms with Crippen molar-refractivity contribution in [3.8, 4) is 0 Å². The van der Waals surface area contributed by atoms with Gasteiger partial charge in [0.15, 0.2) is 6.54 Å². The smallest absolute Gasteiger partial charge is 0.234 e. The maximum atomic E-state index is 10.6. The number of aromatic amines is 1. The van der Waals surface area contributed by atoms with Crippen molar-refractivity contribution in [2.45, 2.75) is 20.4 Å². The molecule has 2 aromatic rings. The Kier molecular flexibility index (Phi) is 2.76. The molecule has 5 heteroatoms. The maximum absolute atomic E-state index is 10.6. The van der Waals surface area contributed by atoms with Crippen LogP contribution in [0.25, 0.3) is 0 Å². The number of nitroso groups, excluding NO2 is 1. The first kappa shape index (κ1) is 10.5. The highest BCUT2D eigenvalue weighted by Gasteiger charge is 2.19. The molecule has 0 saturated carbocycles. The van der Waals surface area contributed by atoms with Crippen molar-refractivity contribution >= 4 is 5.69 Å². The Hall–Kier alpha value is -2.04. The lowest BCUT2D eigenvalue weighted by Crippen LogP contribution is -2.38. The second-order valence-electron chi connectivity index (χ2n) is 3.70. The van der Waals surface area contributed by atoms with Crippen LogP contribution in [0.15, 0.2) is 29.7 Å². The molecule has 0 aliphatic rings. The standard InChI is InChI=1S/C11H12N4O/c1-8-11(14-16)9(2)15(13-8)7-10-3-5-12-6-4-10/h3-6H,7H2,1-2H3/p+1. The van der Waals surface area contributed by atoms with Crippen LogP contribution >= 0.6 is 0 Å². The molecule has 2 aromatic heterocycles. The molecule has 0 unspecified atom stereocenters. The summed E-state index contributed by atoms with van der Waals surface area (Å²) in [5.74, 6) is 0. The fourth-order valence-electron chi connectivity index (χ4n) is 1.70. The predicted molar refractivity (Wildman–Crippen MR) is 59.3 cm³/mol. The Morgan fingerprint density at radius 1 is 1.38 bits per heavy atom. The monoisotopic (exact) mass is 217 g/mol. The molecule has 0 fully saturated rings. The fourth-order valence-corrected chi connectivity index (χ4v) is 1.70. The van der Waals surface area contributed by atoms with Crippen LogP contribution in [0, 0.1) is 18.8 Å². The van der Waals surface area contributed by atoms with Crippen LogP contribution in [0.3, 0.4) is 0 Å². The molecule has 82 valence electrons. The first-order valence-electron chi connectivity index (χ1n) is 5.03. The molecule has 1 N–H and O–H groups in total. The summed E-state index contributed by atoms with van der Waals surface area (Å²) in [7, 11) is 0. The van der Waals surface area contributed by atoms with E-state index in [0.717, 1.165) is 17.0 Å². The summed E-state index contributed by atoms with van der Waals surface area (Å²) >= 11 is 0. The third-order valence-electron chi connectivity index (χ3n) is 2.59. The normalized spacial score (nSPS) is 10.4. The van der Waals surface area contributed by atoms with Crippen LogP contribution in [-0.4, -0.2) is 10.1 Å². The molecule has 0 aromatic carbocycles. The minimum absolute atomic E-state index is 0.494. The summed E-state index contributed by atoms with van der Waals surface area (Å²) in [6.07, 6.45) is 3.50. The van der Waals surface area contributed by atoms with E-state index < -0.39 is 0 Å². The molecule has 0 bridgehead atoms. The molecule has 0 spiro atoms. The van der Waals surface area contributed by atoms with Gasteiger partial charge in [-0.25, -0.2) is 0 Å². The number of hydrogen-bond acceptors (Lipinski definition) is 3. The largest absolute Gasteiger partial charge is 0.265 e. The highest BCUT2D eigenvalue weighted by Crippen LogP contribution is 2.18. The van der Waals surface area contributed by atoms with Crippen molar-refractivity contribution in [3.63, 3.8) is 0 Å². The Balaban J connectivity index is 2.32. The molecule has 0 saturated heterocycles. The van der Waals surface area contributed by atoms with Crippen LogP contribution in [0.1, 0.15) is 17.0 Å². The summed E-state index contributed by atoms with van der Waals surface area (Å²) in [6.45, 7) is 4.40. The topological polar surface area (TPSA) is 62.0 Å². The first-order chi connectivity index (χ1) is 7.72. The molecule has 0 radical (unpaired) electrons. The summed E-state index contributed by atoms with van der Waals surface area (Å²) in [5, 5.41) is 6.13. The lowest BCUT2D eigenvalue weighted by Gasteiger charge is -1.94. The SMILES string of the molecule is Cc1[nH][n+](Cc2ccncc2)c(C)c1N=O. The number of rotatable bonds is 3. The number of aryl methyl sites for hydroxylation is 1. The molecule has 5 nitrogen and oxygen atoms in total. The Labute approximate surface area is 93.1 Å². The van der Waals surface area contributed by atoms with Crippen molar-refractivity contribution in [3.05, 3.63) is 46.4 Å². The van der Waals surface area contributed by atoms with E-state index >= 15 is 0 Å². The zero-order valence-electron chi connectivity index (χ0n) is 9.27.